The Bertz CT molecular complexity index is 313. The lowest BCUT2D eigenvalue weighted by Gasteiger charge is -2.40. The number of hydrogen-bond acceptors (Lipinski definition) is 5. The normalized spacial score (nSPS) is 28.8. The molecule has 1 amide bonds. The van der Waals surface area contributed by atoms with Crippen molar-refractivity contribution in [3.8, 4) is 0 Å². The van der Waals surface area contributed by atoms with Crippen molar-refractivity contribution in [2.45, 2.75) is 25.9 Å². The Morgan fingerprint density at radius 1 is 1.62 bits per heavy atom. The summed E-state index contributed by atoms with van der Waals surface area (Å²) < 4.78 is 27.5. The summed E-state index contributed by atoms with van der Waals surface area (Å²) in [5.41, 5.74) is 5.34. The molecule has 0 aromatic rings. The Labute approximate surface area is 76.9 Å². The molecule has 6 nitrogen and oxygen atoms in total. The average Bonchev–Trinajstić information content (AvgIpc) is 2.03. The van der Waals surface area contributed by atoms with Gasteiger partial charge in [-0.15, -0.1) is 0 Å². The minimum atomic E-state index is -3.90. The lowest BCUT2D eigenvalue weighted by Crippen LogP contribution is -2.68. The number of rotatable bonds is 3. The highest BCUT2D eigenvalue weighted by molar-refractivity contribution is 7.85. The predicted octanol–water partition coefficient (Wildman–Crippen LogP) is -1.17. The molecular formula is C6H12N2O4S. The van der Waals surface area contributed by atoms with Crippen molar-refractivity contribution >= 4 is 16.2 Å². The molecule has 76 valence electrons. The van der Waals surface area contributed by atoms with Crippen LogP contribution >= 0.6 is 0 Å². The third kappa shape index (κ3) is 1.54. The molecule has 0 unspecified atom stereocenters. The summed E-state index contributed by atoms with van der Waals surface area (Å²) in [5, 5.41) is 0. The van der Waals surface area contributed by atoms with E-state index in [0.717, 1.165) is 0 Å². The van der Waals surface area contributed by atoms with E-state index in [-0.39, 0.29) is 6.61 Å². The largest absolute Gasteiger partial charge is 0.365 e. The SMILES string of the molecule is CCOS(=O)(=O)N1C(=O)[C@@H](N)[C@@H]1C. The van der Waals surface area contributed by atoms with Crippen molar-refractivity contribution < 1.29 is 17.4 Å². The van der Waals surface area contributed by atoms with Gasteiger partial charge in [0, 0.05) is 0 Å². The number of nitrogens with zero attached hydrogens (tertiary/aromatic N) is 1. The van der Waals surface area contributed by atoms with Gasteiger partial charge in [0.15, 0.2) is 0 Å². The molecule has 0 saturated carbocycles. The second kappa shape index (κ2) is 3.24. The minimum absolute atomic E-state index is 0.00801. The number of nitrogens with two attached hydrogens (primary N) is 1. The van der Waals surface area contributed by atoms with E-state index in [4.69, 9.17) is 5.73 Å². The summed E-state index contributed by atoms with van der Waals surface area (Å²) in [7, 11) is -3.90. The molecule has 13 heavy (non-hydrogen) atoms. The van der Waals surface area contributed by atoms with Crippen LogP contribution in [0.4, 0.5) is 0 Å². The average molecular weight is 208 g/mol. The van der Waals surface area contributed by atoms with Gasteiger partial charge < -0.3 is 5.73 Å². The van der Waals surface area contributed by atoms with Gasteiger partial charge in [-0.1, -0.05) is 0 Å². The lowest BCUT2D eigenvalue weighted by molar-refractivity contribution is -0.140. The topological polar surface area (TPSA) is 89.7 Å². The maximum absolute atomic E-state index is 11.2. The standard InChI is InChI=1S/C6H12N2O4S/c1-3-12-13(10,11)8-4(2)5(7)6(8)9/h4-5H,3,7H2,1-2H3/t4-,5-/m0/s1. The van der Waals surface area contributed by atoms with Gasteiger partial charge in [-0.05, 0) is 13.8 Å². The van der Waals surface area contributed by atoms with Crippen molar-refractivity contribution in [3.05, 3.63) is 0 Å². The fourth-order valence-corrected chi connectivity index (χ4v) is 2.43. The molecule has 1 aliphatic heterocycles. The summed E-state index contributed by atoms with van der Waals surface area (Å²) in [5.74, 6) is -0.610. The zero-order valence-electron chi connectivity index (χ0n) is 7.43. The molecule has 7 heteroatoms. The molecule has 0 radical (unpaired) electrons. The van der Waals surface area contributed by atoms with Crippen LogP contribution in [0.5, 0.6) is 0 Å². The number of hydrogen-bond donors (Lipinski definition) is 1. The van der Waals surface area contributed by atoms with Crippen LogP contribution in [0.3, 0.4) is 0 Å². The Balaban J connectivity index is 2.80. The predicted molar refractivity (Wildman–Crippen MR) is 44.8 cm³/mol. The Hall–Kier alpha value is -0.660. The molecule has 0 spiro atoms. The summed E-state index contributed by atoms with van der Waals surface area (Å²) >= 11 is 0. The van der Waals surface area contributed by atoms with Crippen LogP contribution < -0.4 is 5.73 Å². The zero-order valence-corrected chi connectivity index (χ0v) is 8.24. The first-order chi connectivity index (χ1) is 5.91. The van der Waals surface area contributed by atoms with Gasteiger partial charge in [-0.25, -0.2) is 4.31 Å². The second-order valence-corrected chi connectivity index (χ2v) is 4.25. The molecule has 1 fully saturated rings. The van der Waals surface area contributed by atoms with Crippen molar-refractivity contribution in [3.63, 3.8) is 0 Å². The highest BCUT2D eigenvalue weighted by atomic mass is 32.2. The summed E-state index contributed by atoms with van der Waals surface area (Å²) in [6, 6.07) is -1.24. The van der Waals surface area contributed by atoms with Crippen LogP contribution in [0.1, 0.15) is 13.8 Å². The van der Waals surface area contributed by atoms with Crippen LogP contribution in [-0.4, -0.2) is 37.3 Å². The van der Waals surface area contributed by atoms with Crippen molar-refractivity contribution in [1.29, 1.82) is 0 Å². The monoisotopic (exact) mass is 208 g/mol. The smallest absolute Gasteiger partial charge is 0.318 e. The molecule has 1 rings (SSSR count). The first-order valence-electron chi connectivity index (χ1n) is 3.90. The van der Waals surface area contributed by atoms with Gasteiger partial charge in [0.2, 0.25) is 0 Å². The van der Waals surface area contributed by atoms with Gasteiger partial charge in [-0.2, -0.15) is 8.42 Å². The number of β-lactam (4-membered cyclic amide) rings is 1. The molecular weight excluding hydrogens is 196 g/mol. The fourth-order valence-electron chi connectivity index (χ4n) is 1.14. The maximum Gasteiger partial charge on any atom is 0.365 e. The highest BCUT2D eigenvalue weighted by Gasteiger charge is 2.49. The van der Waals surface area contributed by atoms with E-state index in [1.165, 1.54) is 6.92 Å². The number of carbonyl (C=O) groups is 1. The van der Waals surface area contributed by atoms with Gasteiger partial charge >= 0.3 is 10.3 Å². The van der Waals surface area contributed by atoms with Crippen LogP contribution in [0.2, 0.25) is 0 Å². The number of carbonyl (C=O) groups excluding carboxylic acids is 1. The molecule has 1 heterocycles. The van der Waals surface area contributed by atoms with Crippen molar-refractivity contribution in [1.82, 2.24) is 4.31 Å². The molecule has 2 atom stereocenters. The highest BCUT2D eigenvalue weighted by Crippen LogP contribution is 2.22. The Morgan fingerprint density at radius 2 is 2.15 bits per heavy atom. The minimum Gasteiger partial charge on any atom is -0.318 e. The van der Waals surface area contributed by atoms with Crippen molar-refractivity contribution in [2.75, 3.05) is 6.61 Å². The first-order valence-corrected chi connectivity index (χ1v) is 5.26. The summed E-state index contributed by atoms with van der Waals surface area (Å²) in [4.78, 5) is 11.0. The van der Waals surface area contributed by atoms with Gasteiger partial charge in [0.1, 0.15) is 6.04 Å². The molecule has 1 saturated heterocycles. The first kappa shape index (κ1) is 10.4. The summed E-state index contributed by atoms with van der Waals surface area (Å²) in [6.07, 6.45) is 0. The zero-order chi connectivity index (χ0) is 10.2. The van der Waals surface area contributed by atoms with E-state index < -0.39 is 28.3 Å². The van der Waals surface area contributed by atoms with E-state index in [0.29, 0.717) is 4.31 Å². The van der Waals surface area contributed by atoms with Crippen LogP contribution in [0, 0.1) is 0 Å². The van der Waals surface area contributed by atoms with Gasteiger partial charge in [0.05, 0.1) is 12.6 Å². The number of amides is 1. The second-order valence-electron chi connectivity index (χ2n) is 2.76. The third-order valence-corrected chi connectivity index (χ3v) is 3.43. The molecule has 0 aromatic heterocycles. The molecule has 2 N–H and O–H groups in total. The Morgan fingerprint density at radius 3 is 2.54 bits per heavy atom. The van der Waals surface area contributed by atoms with Gasteiger partial charge in [-0.3, -0.25) is 8.98 Å². The van der Waals surface area contributed by atoms with Crippen molar-refractivity contribution in [2.24, 2.45) is 5.73 Å². The summed E-state index contributed by atoms with van der Waals surface area (Å²) in [6.45, 7) is 3.10. The quantitative estimate of drug-likeness (QED) is 0.590. The van der Waals surface area contributed by atoms with E-state index in [2.05, 4.69) is 4.18 Å². The maximum atomic E-state index is 11.2. The van der Waals surface area contributed by atoms with E-state index >= 15 is 0 Å². The van der Waals surface area contributed by atoms with E-state index in [1.54, 1.807) is 6.92 Å². The molecule has 0 aromatic carbocycles. The Kier molecular flexibility index (Phi) is 2.60. The fraction of sp³-hybridized carbons (Fsp3) is 0.833. The van der Waals surface area contributed by atoms with Crippen LogP contribution in [0.15, 0.2) is 0 Å². The van der Waals surface area contributed by atoms with Gasteiger partial charge in [0.25, 0.3) is 5.91 Å². The third-order valence-electron chi connectivity index (χ3n) is 1.90. The molecule has 0 bridgehead atoms. The van der Waals surface area contributed by atoms with E-state index in [1.807, 2.05) is 0 Å². The van der Waals surface area contributed by atoms with Crippen LogP contribution in [0.25, 0.3) is 0 Å². The molecule has 0 aliphatic carbocycles. The molecule has 1 aliphatic rings. The lowest BCUT2D eigenvalue weighted by atomic mass is 10.0. The van der Waals surface area contributed by atoms with E-state index in [9.17, 15) is 13.2 Å². The van der Waals surface area contributed by atoms with Crippen LogP contribution in [-0.2, 0) is 19.3 Å².